The van der Waals surface area contributed by atoms with Crippen LogP contribution in [0.15, 0.2) is 66.7 Å². The number of halogens is 1. The quantitative estimate of drug-likeness (QED) is 0.377. The summed E-state index contributed by atoms with van der Waals surface area (Å²) >= 11 is 5.80. The van der Waals surface area contributed by atoms with Crippen LogP contribution in [-0.4, -0.2) is 29.9 Å². The van der Waals surface area contributed by atoms with Crippen LogP contribution < -0.4 is 0 Å². The highest BCUT2D eigenvalue weighted by Gasteiger charge is 2.33. The van der Waals surface area contributed by atoms with Crippen LogP contribution in [0.5, 0.6) is 0 Å². The van der Waals surface area contributed by atoms with Crippen molar-refractivity contribution in [2.45, 2.75) is 0 Å². The van der Waals surface area contributed by atoms with Crippen molar-refractivity contribution in [3.63, 3.8) is 0 Å². The zero-order valence-corrected chi connectivity index (χ0v) is 15.7. The van der Waals surface area contributed by atoms with E-state index in [2.05, 4.69) is 0 Å². The van der Waals surface area contributed by atoms with Gasteiger partial charge in [-0.15, -0.1) is 0 Å². The maximum absolute atomic E-state index is 12.9. The Balaban J connectivity index is 1.61. The van der Waals surface area contributed by atoms with E-state index in [0.29, 0.717) is 16.1 Å². The highest BCUT2D eigenvalue weighted by Crippen LogP contribution is 2.29. The van der Waals surface area contributed by atoms with Gasteiger partial charge in [0.2, 0.25) is 0 Å². The average molecular weight is 405 g/mol. The first kappa shape index (κ1) is 18.8. The highest BCUT2D eigenvalue weighted by atomic mass is 35.5. The molecule has 0 amide bonds. The molecule has 0 bridgehead atoms. The van der Waals surface area contributed by atoms with Crippen LogP contribution in [0.1, 0.15) is 52.6 Å². The first-order valence-electron chi connectivity index (χ1n) is 8.74. The van der Waals surface area contributed by atoms with Crippen LogP contribution in [0, 0.1) is 0 Å². The molecule has 0 radical (unpaired) electrons. The summed E-state index contributed by atoms with van der Waals surface area (Å²) in [4.78, 5) is 50.5. The molecule has 1 aliphatic carbocycles. The predicted molar refractivity (Wildman–Crippen MR) is 106 cm³/mol. The van der Waals surface area contributed by atoms with Crippen molar-refractivity contribution in [1.29, 1.82) is 0 Å². The normalized spacial score (nSPS) is 12.2. The molecule has 0 saturated carbocycles. The lowest BCUT2D eigenvalue weighted by Gasteiger charge is -2.19. The van der Waals surface area contributed by atoms with Crippen molar-refractivity contribution >= 4 is 34.9 Å². The number of carbonyl (C=O) groups is 4. The molecular weight excluding hydrogens is 392 g/mol. The fourth-order valence-electron chi connectivity index (χ4n) is 3.24. The van der Waals surface area contributed by atoms with Gasteiger partial charge < -0.3 is 4.74 Å². The summed E-state index contributed by atoms with van der Waals surface area (Å²) in [6, 6.07) is 17.1. The van der Waals surface area contributed by atoms with Crippen molar-refractivity contribution in [1.82, 2.24) is 0 Å². The van der Waals surface area contributed by atoms with Crippen LogP contribution in [-0.2, 0) is 4.74 Å². The molecule has 3 aromatic carbocycles. The molecule has 29 heavy (non-hydrogen) atoms. The summed E-state index contributed by atoms with van der Waals surface area (Å²) in [5, 5.41) is 0.484. The third kappa shape index (κ3) is 3.37. The minimum atomic E-state index is -0.843. The summed E-state index contributed by atoms with van der Waals surface area (Å²) in [6.45, 7) is -0.497. The molecule has 0 aliphatic heterocycles. The van der Waals surface area contributed by atoms with Crippen molar-refractivity contribution < 1.29 is 23.9 Å². The molecule has 1 aliphatic rings. The van der Waals surface area contributed by atoms with E-state index in [-0.39, 0.29) is 28.0 Å². The Morgan fingerprint density at radius 2 is 1.38 bits per heavy atom. The zero-order chi connectivity index (χ0) is 20.5. The van der Waals surface area contributed by atoms with Gasteiger partial charge in [0.1, 0.15) is 0 Å². The largest absolute Gasteiger partial charge is 0.454 e. The topological polar surface area (TPSA) is 77.5 Å². The van der Waals surface area contributed by atoms with Crippen LogP contribution in [0.4, 0.5) is 0 Å². The van der Waals surface area contributed by atoms with Gasteiger partial charge in [-0.2, -0.15) is 0 Å². The first-order chi connectivity index (χ1) is 14.0. The molecule has 6 heteroatoms. The van der Waals surface area contributed by atoms with Gasteiger partial charge in [0.25, 0.3) is 0 Å². The van der Waals surface area contributed by atoms with Gasteiger partial charge in [0, 0.05) is 32.8 Å². The molecule has 142 valence electrons. The van der Waals surface area contributed by atoms with Crippen molar-refractivity contribution in [2.75, 3.05) is 6.61 Å². The molecule has 4 rings (SSSR count). The SMILES string of the molecule is O=C(COC(=O)c1cccc2c1C(=O)c1ccccc1C2=O)c1ccc(Cl)cc1. The van der Waals surface area contributed by atoms with Crippen LogP contribution >= 0.6 is 11.6 Å². The van der Waals surface area contributed by atoms with E-state index in [1.807, 2.05) is 0 Å². The van der Waals surface area contributed by atoms with Gasteiger partial charge in [-0.3, -0.25) is 14.4 Å². The number of benzene rings is 3. The fourth-order valence-corrected chi connectivity index (χ4v) is 3.37. The summed E-state index contributed by atoms with van der Waals surface area (Å²) in [7, 11) is 0. The Morgan fingerprint density at radius 3 is 2.07 bits per heavy atom. The number of fused-ring (bicyclic) bond motifs is 2. The lowest BCUT2D eigenvalue weighted by atomic mass is 9.82. The molecule has 0 heterocycles. The Bertz CT molecular complexity index is 1180. The number of ether oxygens (including phenoxy) is 1. The summed E-state index contributed by atoms with van der Waals surface area (Å²) < 4.78 is 5.13. The number of ketones is 3. The Hall–Kier alpha value is -3.57. The number of carbonyl (C=O) groups excluding carboxylic acids is 4. The van der Waals surface area contributed by atoms with Gasteiger partial charge in [-0.05, 0) is 30.3 Å². The monoisotopic (exact) mass is 404 g/mol. The maximum Gasteiger partial charge on any atom is 0.339 e. The van der Waals surface area contributed by atoms with Crippen LogP contribution in [0.25, 0.3) is 0 Å². The summed E-state index contributed by atoms with van der Waals surface area (Å²) in [6.07, 6.45) is 0. The molecule has 0 saturated heterocycles. The van der Waals surface area contributed by atoms with Crippen molar-refractivity contribution in [2.24, 2.45) is 0 Å². The minimum absolute atomic E-state index is 0.000131. The van der Waals surface area contributed by atoms with Crippen LogP contribution in [0.2, 0.25) is 5.02 Å². The fraction of sp³-hybridized carbons (Fsp3) is 0.0435. The van der Waals surface area contributed by atoms with E-state index in [0.717, 1.165) is 0 Å². The average Bonchev–Trinajstić information content (AvgIpc) is 2.75. The molecule has 0 fully saturated rings. The first-order valence-corrected chi connectivity index (χ1v) is 9.12. The molecule has 0 spiro atoms. The maximum atomic E-state index is 12.9. The smallest absolute Gasteiger partial charge is 0.339 e. The van der Waals surface area contributed by atoms with Gasteiger partial charge in [-0.1, -0.05) is 48.0 Å². The molecule has 3 aromatic rings. The van der Waals surface area contributed by atoms with Gasteiger partial charge >= 0.3 is 5.97 Å². The third-order valence-corrected chi connectivity index (χ3v) is 4.92. The van der Waals surface area contributed by atoms with E-state index >= 15 is 0 Å². The lowest BCUT2D eigenvalue weighted by Crippen LogP contribution is -2.25. The number of hydrogen-bond donors (Lipinski definition) is 0. The molecule has 0 unspecified atom stereocenters. The number of hydrogen-bond acceptors (Lipinski definition) is 5. The molecular formula is C23H13ClO5. The molecule has 0 aromatic heterocycles. The van der Waals surface area contributed by atoms with E-state index in [1.165, 1.54) is 30.3 Å². The summed E-state index contributed by atoms with van der Waals surface area (Å²) in [5.41, 5.74) is 0.986. The second-order valence-corrected chi connectivity index (χ2v) is 6.87. The number of rotatable bonds is 4. The van der Waals surface area contributed by atoms with Gasteiger partial charge in [0.05, 0.1) is 5.56 Å². The van der Waals surface area contributed by atoms with Crippen molar-refractivity contribution in [3.8, 4) is 0 Å². The molecule has 0 N–H and O–H groups in total. The lowest BCUT2D eigenvalue weighted by molar-refractivity contribution is 0.0473. The Labute approximate surface area is 170 Å². The zero-order valence-electron chi connectivity index (χ0n) is 15.0. The Kier molecular flexibility index (Phi) is 4.82. The predicted octanol–water partition coefficient (Wildman–Crippen LogP) is 4.16. The van der Waals surface area contributed by atoms with E-state index in [1.54, 1.807) is 36.4 Å². The number of Topliss-reactive ketones (excluding diaryl/α,β-unsaturated/α-hetero) is 1. The van der Waals surface area contributed by atoms with E-state index in [4.69, 9.17) is 16.3 Å². The highest BCUT2D eigenvalue weighted by molar-refractivity contribution is 6.31. The van der Waals surface area contributed by atoms with Crippen molar-refractivity contribution in [3.05, 3.63) is 105 Å². The van der Waals surface area contributed by atoms with Gasteiger partial charge in [-0.25, -0.2) is 4.79 Å². The second-order valence-electron chi connectivity index (χ2n) is 6.44. The second kappa shape index (κ2) is 7.45. The van der Waals surface area contributed by atoms with E-state index in [9.17, 15) is 19.2 Å². The molecule has 0 atom stereocenters. The van der Waals surface area contributed by atoms with Gasteiger partial charge in [0.15, 0.2) is 24.0 Å². The standard InChI is InChI=1S/C23H13ClO5/c24-14-10-8-13(9-11-14)19(25)12-29-23(28)18-7-3-6-17-20(18)22(27)16-5-2-1-4-15(16)21(17)26/h1-11H,12H2. The Morgan fingerprint density at radius 1 is 0.759 bits per heavy atom. The number of esters is 1. The molecule has 5 nitrogen and oxygen atoms in total. The minimum Gasteiger partial charge on any atom is -0.454 e. The summed E-state index contributed by atoms with van der Waals surface area (Å²) in [5.74, 6) is -2.01. The van der Waals surface area contributed by atoms with Crippen LogP contribution in [0.3, 0.4) is 0 Å². The van der Waals surface area contributed by atoms with E-state index < -0.39 is 24.1 Å². The third-order valence-electron chi connectivity index (χ3n) is 4.67.